The van der Waals surface area contributed by atoms with Crippen LogP contribution < -0.4 is 4.31 Å². The van der Waals surface area contributed by atoms with Gasteiger partial charge in [-0.2, -0.15) is 13.2 Å². The van der Waals surface area contributed by atoms with Crippen molar-refractivity contribution >= 4 is 27.5 Å². The summed E-state index contributed by atoms with van der Waals surface area (Å²) in [5.41, 5.74) is 1.50. The fraction of sp³-hybridized carbons (Fsp3) is 0.143. The van der Waals surface area contributed by atoms with E-state index in [2.05, 4.69) is 0 Å². The van der Waals surface area contributed by atoms with Gasteiger partial charge in [0, 0.05) is 17.2 Å². The standard InChI is InChI=1S/C21H16F3NO2S2/c22-21(23,24)17-7-9-18(10-8-17)29(26,27)25-12-13-28-20-11-6-16(14-19(20)25)15-4-2-1-3-5-15/h1-11,14H,12-13H2. The number of halogens is 3. The van der Waals surface area contributed by atoms with Crippen molar-refractivity contribution in [1.82, 2.24) is 0 Å². The molecule has 1 aliphatic heterocycles. The highest BCUT2D eigenvalue weighted by molar-refractivity contribution is 8.00. The molecule has 3 nitrogen and oxygen atoms in total. The van der Waals surface area contributed by atoms with Crippen LogP contribution in [-0.4, -0.2) is 20.7 Å². The van der Waals surface area contributed by atoms with Crippen LogP contribution in [0.2, 0.25) is 0 Å². The minimum absolute atomic E-state index is 0.159. The van der Waals surface area contributed by atoms with E-state index < -0.39 is 21.8 Å². The summed E-state index contributed by atoms with van der Waals surface area (Å²) in [5.74, 6) is 0.567. The molecule has 0 spiro atoms. The molecule has 0 amide bonds. The van der Waals surface area contributed by atoms with Crippen LogP contribution in [0.15, 0.2) is 82.6 Å². The molecule has 0 saturated carbocycles. The van der Waals surface area contributed by atoms with Crippen molar-refractivity contribution in [2.45, 2.75) is 16.0 Å². The van der Waals surface area contributed by atoms with Crippen LogP contribution >= 0.6 is 11.8 Å². The average molecular weight is 435 g/mol. The van der Waals surface area contributed by atoms with E-state index in [9.17, 15) is 21.6 Å². The van der Waals surface area contributed by atoms with Gasteiger partial charge in [0.15, 0.2) is 0 Å². The van der Waals surface area contributed by atoms with E-state index >= 15 is 0 Å². The molecule has 1 heterocycles. The van der Waals surface area contributed by atoms with Crippen LogP contribution in [0.5, 0.6) is 0 Å². The number of thioether (sulfide) groups is 1. The van der Waals surface area contributed by atoms with Crippen molar-refractivity contribution in [2.24, 2.45) is 0 Å². The Hall–Kier alpha value is -2.45. The van der Waals surface area contributed by atoms with Crippen molar-refractivity contribution in [3.63, 3.8) is 0 Å². The second-order valence-corrected chi connectivity index (χ2v) is 9.50. The molecule has 0 fully saturated rings. The Balaban J connectivity index is 1.75. The van der Waals surface area contributed by atoms with Crippen molar-refractivity contribution in [2.75, 3.05) is 16.6 Å². The summed E-state index contributed by atoms with van der Waals surface area (Å²) in [6.07, 6.45) is -4.51. The molecule has 0 N–H and O–H groups in total. The van der Waals surface area contributed by atoms with Crippen molar-refractivity contribution in [3.05, 3.63) is 78.4 Å². The highest BCUT2D eigenvalue weighted by atomic mass is 32.2. The summed E-state index contributed by atoms with van der Waals surface area (Å²) in [6, 6.07) is 18.9. The van der Waals surface area contributed by atoms with Gasteiger partial charge in [-0.25, -0.2) is 8.42 Å². The molecule has 3 aromatic rings. The van der Waals surface area contributed by atoms with Gasteiger partial charge in [-0.1, -0.05) is 36.4 Å². The molecule has 1 aliphatic rings. The normalized spacial score (nSPS) is 14.5. The van der Waals surface area contributed by atoms with E-state index in [0.29, 0.717) is 11.4 Å². The molecule has 0 atom stereocenters. The summed E-state index contributed by atoms with van der Waals surface area (Å²) in [7, 11) is -3.98. The van der Waals surface area contributed by atoms with Crippen LogP contribution in [0.1, 0.15) is 5.56 Å². The quantitative estimate of drug-likeness (QED) is 0.532. The average Bonchev–Trinajstić information content (AvgIpc) is 2.73. The van der Waals surface area contributed by atoms with Gasteiger partial charge in [-0.3, -0.25) is 4.31 Å². The van der Waals surface area contributed by atoms with E-state index in [0.717, 1.165) is 40.3 Å². The zero-order valence-corrected chi connectivity index (χ0v) is 16.7. The number of fused-ring (bicyclic) bond motifs is 1. The highest BCUT2D eigenvalue weighted by Gasteiger charge is 2.33. The molecule has 8 heteroatoms. The number of nitrogens with zero attached hydrogens (tertiary/aromatic N) is 1. The Morgan fingerprint density at radius 1 is 0.862 bits per heavy atom. The molecule has 0 aliphatic carbocycles. The van der Waals surface area contributed by atoms with E-state index in [1.165, 1.54) is 4.31 Å². The molecule has 150 valence electrons. The van der Waals surface area contributed by atoms with Gasteiger partial charge in [0.25, 0.3) is 10.0 Å². The smallest absolute Gasteiger partial charge is 0.264 e. The third-order valence-corrected chi connectivity index (χ3v) is 7.53. The topological polar surface area (TPSA) is 37.4 Å². The minimum Gasteiger partial charge on any atom is -0.264 e. The fourth-order valence-corrected chi connectivity index (χ4v) is 5.82. The molecule has 0 radical (unpaired) electrons. The Morgan fingerprint density at radius 3 is 2.21 bits per heavy atom. The fourth-order valence-electron chi connectivity index (χ4n) is 3.20. The molecule has 0 aromatic heterocycles. The monoisotopic (exact) mass is 435 g/mol. The van der Waals surface area contributed by atoms with E-state index in [1.807, 2.05) is 48.5 Å². The number of benzene rings is 3. The molecule has 0 saturated heterocycles. The Bertz CT molecular complexity index is 1130. The lowest BCUT2D eigenvalue weighted by molar-refractivity contribution is -0.137. The first-order valence-corrected chi connectivity index (χ1v) is 11.2. The summed E-state index contributed by atoms with van der Waals surface area (Å²) in [5, 5.41) is 0. The number of anilines is 1. The maximum absolute atomic E-state index is 13.2. The zero-order chi connectivity index (χ0) is 20.6. The third-order valence-electron chi connectivity index (χ3n) is 4.66. The third kappa shape index (κ3) is 3.86. The highest BCUT2D eigenvalue weighted by Crippen LogP contribution is 2.40. The summed E-state index contributed by atoms with van der Waals surface area (Å²) in [4.78, 5) is 0.667. The van der Waals surface area contributed by atoms with Gasteiger partial charge < -0.3 is 0 Å². The Kier molecular flexibility index (Phi) is 5.08. The number of rotatable bonds is 3. The van der Waals surface area contributed by atoms with Crippen LogP contribution in [0.3, 0.4) is 0 Å². The molecule has 0 unspecified atom stereocenters. The summed E-state index contributed by atoms with van der Waals surface area (Å²) < 4.78 is 66.1. The van der Waals surface area contributed by atoms with Gasteiger partial charge in [0.2, 0.25) is 0 Å². The van der Waals surface area contributed by atoms with Gasteiger partial charge in [-0.05, 0) is 47.5 Å². The van der Waals surface area contributed by atoms with Gasteiger partial charge >= 0.3 is 6.18 Å². The lowest BCUT2D eigenvalue weighted by atomic mass is 10.1. The number of hydrogen-bond donors (Lipinski definition) is 0. The molecule has 29 heavy (non-hydrogen) atoms. The first-order valence-electron chi connectivity index (χ1n) is 8.79. The molecule has 3 aromatic carbocycles. The summed E-state index contributed by atoms with van der Waals surface area (Å²) in [6.45, 7) is 0.249. The first-order chi connectivity index (χ1) is 13.8. The maximum Gasteiger partial charge on any atom is 0.416 e. The Morgan fingerprint density at radius 2 is 1.55 bits per heavy atom. The molecule has 0 bridgehead atoms. The van der Waals surface area contributed by atoms with Crippen LogP contribution in [0, 0.1) is 0 Å². The minimum atomic E-state index is -4.51. The van der Waals surface area contributed by atoms with Crippen molar-refractivity contribution < 1.29 is 21.6 Å². The molecular formula is C21H16F3NO2S2. The van der Waals surface area contributed by atoms with Gasteiger partial charge in [-0.15, -0.1) is 11.8 Å². The van der Waals surface area contributed by atoms with E-state index in [4.69, 9.17) is 0 Å². The van der Waals surface area contributed by atoms with Crippen molar-refractivity contribution in [1.29, 1.82) is 0 Å². The lowest BCUT2D eigenvalue weighted by Gasteiger charge is -2.30. The second-order valence-electron chi connectivity index (χ2n) is 6.50. The molecular weight excluding hydrogens is 419 g/mol. The van der Waals surface area contributed by atoms with E-state index in [-0.39, 0.29) is 11.4 Å². The largest absolute Gasteiger partial charge is 0.416 e. The van der Waals surface area contributed by atoms with E-state index in [1.54, 1.807) is 11.8 Å². The van der Waals surface area contributed by atoms with Crippen molar-refractivity contribution in [3.8, 4) is 11.1 Å². The zero-order valence-electron chi connectivity index (χ0n) is 15.1. The molecule has 4 rings (SSSR count). The van der Waals surface area contributed by atoms with Gasteiger partial charge in [0.1, 0.15) is 0 Å². The Labute approximate surface area is 171 Å². The summed E-state index contributed by atoms with van der Waals surface area (Å²) >= 11 is 1.56. The predicted molar refractivity (Wildman–Crippen MR) is 109 cm³/mol. The van der Waals surface area contributed by atoms with Crippen LogP contribution in [-0.2, 0) is 16.2 Å². The van der Waals surface area contributed by atoms with Crippen LogP contribution in [0.25, 0.3) is 11.1 Å². The lowest BCUT2D eigenvalue weighted by Crippen LogP contribution is -2.35. The number of sulfonamides is 1. The van der Waals surface area contributed by atoms with Gasteiger partial charge in [0.05, 0.1) is 16.1 Å². The number of alkyl halides is 3. The van der Waals surface area contributed by atoms with Crippen LogP contribution in [0.4, 0.5) is 18.9 Å². The maximum atomic E-state index is 13.2. The number of hydrogen-bond acceptors (Lipinski definition) is 3. The predicted octanol–water partition coefficient (Wildman–Crippen LogP) is 5.67. The SMILES string of the molecule is O=S(=O)(c1ccc(C(F)(F)F)cc1)N1CCSc2ccc(-c3ccccc3)cc21. The second kappa shape index (κ2) is 7.42. The first kappa shape index (κ1) is 19.8.